The molecule has 2 aromatic carbocycles. The monoisotopic (exact) mass is 440 g/mol. The molecule has 0 aliphatic carbocycles. The van der Waals surface area contributed by atoms with Crippen LogP contribution in [0.3, 0.4) is 0 Å². The summed E-state index contributed by atoms with van der Waals surface area (Å²) in [6.45, 7) is 7.17. The summed E-state index contributed by atoms with van der Waals surface area (Å²) in [5.41, 5.74) is 1.17. The summed E-state index contributed by atoms with van der Waals surface area (Å²) in [4.78, 5) is 42.8. The van der Waals surface area contributed by atoms with Crippen molar-refractivity contribution in [1.82, 2.24) is 14.7 Å². The molecule has 0 bridgehead atoms. The van der Waals surface area contributed by atoms with Crippen LogP contribution >= 0.6 is 0 Å². The molecule has 0 spiro atoms. The van der Waals surface area contributed by atoms with E-state index in [9.17, 15) is 18.8 Å². The molecule has 1 fully saturated rings. The lowest BCUT2D eigenvalue weighted by Gasteiger charge is -2.34. The second-order valence-corrected chi connectivity index (χ2v) is 7.65. The Labute approximate surface area is 187 Å². The van der Waals surface area contributed by atoms with E-state index in [1.807, 2.05) is 18.7 Å². The molecule has 0 unspecified atom stereocenters. The second kappa shape index (κ2) is 10.9. The zero-order valence-corrected chi connectivity index (χ0v) is 18.5. The molecule has 3 rings (SSSR count). The largest absolute Gasteiger partial charge is 0.339 e. The minimum atomic E-state index is -0.527. The van der Waals surface area contributed by atoms with Gasteiger partial charge in [-0.15, -0.1) is 0 Å². The Balaban J connectivity index is 1.51. The smallest absolute Gasteiger partial charge is 0.256 e. The normalized spacial score (nSPS) is 14.2. The van der Waals surface area contributed by atoms with Crippen molar-refractivity contribution in [3.63, 3.8) is 0 Å². The number of rotatable bonds is 7. The van der Waals surface area contributed by atoms with Crippen molar-refractivity contribution in [2.45, 2.75) is 13.8 Å². The third kappa shape index (κ3) is 5.70. The summed E-state index contributed by atoms with van der Waals surface area (Å²) in [7, 11) is 0. The number of benzene rings is 2. The summed E-state index contributed by atoms with van der Waals surface area (Å²) in [5.74, 6) is -1.11. The van der Waals surface area contributed by atoms with Crippen LogP contribution in [0.2, 0.25) is 0 Å². The average molecular weight is 441 g/mol. The molecule has 32 heavy (non-hydrogen) atoms. The van der Waals surface area contributed by atoms with Gasteiger partial charge in [-0.2, -0.15) is 0 Å². The summed E-state index contributed by atoms with van der Waals surface area (Å²) in [6, 6.07) is 12.9. The molecule has 1 saturated heterocycles. The van der Waals surface area contributed by atoms with Gasteiger partial charge in [-0.3, -0.25) is 19.3 Å². The van der Waals surface area contributed by atoms with Crippen LogP contribution in [0.5, 0.6) is 0 Å². The zero-order valence-electron chi connectivity index (χ0n) is 18.5. The van der Waals surface area contributed by atoms with Crippen LogP contribution in [-0.4, -0.2) is 78.2 Å². The molecule has 170 valence electrons. The molecule has 2 aromatic rings. The SMILES string of the molecule is CCN(CC)C(=O)c1cccc(NC(=O)CN2CCN(C(=O)c3ccccc3F)CC2)c1. The fourth-order valence-corrected chi connectivity index (χ4v) is 3.74. The quantitative estimate of drug-likeness (QED) is 0.719. The fraction of sp³-hybridized carbons (Fsp3) is 0.375. The van der Waals surface area contributed by atoms with Gasteiger partial charge in [0.15, 0.2) is 0 Å². The molecular formula is C24H29FN4O3. The molecule has 0 aromatic heterocycles. The summed E-state index contributed by atoms with van der Waals surface area (Å²) >= 11 is 0. The predicted octanol–water partition coefficient (Wildman–Crippen LogP) is 2.70. The first-order valence-corrected chi connectivity index (χ1v) is 10.9. The maximum atomic E-state index is 13.9. The Kier molecular flexibility index (Phi) is 7.94. The van der Waals surface area contributed by atoms with Gasteiger partial charge >= 0.3 is 0 Å². The van der Waals surface area contributed by atoms with Gasteiger partial charge in [0.25, 0.3) is 11.8 Å². The molecule has 8 heteroatoms. The second-order valence-electron chi connectivity index (χ2n) is 7.65. The molecule has 1 aliphatic heterocycles. The van der Waals surface area contributed by atoms with Gasteiger partial charge < -0.3 is 15.1 Å². The van der Waals surface area contributed by atoms with Crippen molar-refractivity contribution in [3.8, 4) is 0 Å². The number of carbonyl (C=O) groups excluding carboxylic acids is 3. The van der Waals surface area contributed by atoms with E-state index in [2.05, 4.69) is 5.32 Å². The lowest BCUT2D eigenvalue weighted by atomic mass is 10.1. The highest BCUT2D eigenvalue weighted by Crippen LogP contribution is 2.15. The minimum Gasteiger partial charge on any atom is -0.339 e. The van der Waals surface area contributed by atoms with Crippen molar-refractivity contribution in [2.24, 2.45) is 0 Å². The van der Waals surface area contributed by atoms with Gasteiger partial charge in [0, 0.05) is 50.5 Å². The number of nitrogens with one attached hydrogen (secondary N) is 1. The fourth-order valence-electron chi connectivity index (χ4n) is 3.74. The van der Waals surface area contributed by atoms with Crippen molar-refractivity contribution < 1.29 is 18.8 Å². The molecule has 3 amide bonds. The maximum Gasteiger partial charge on any atom is 0.256 e. The van der Waals surface area contributed by atoms with Crippen LogP contribution in [0, 0.1) is 5.82 Å². The Hall–Kier alpha value is -3.26. The molecule has 0 atom stereocenters. The number of carbonyl (C=O) groups is 3. The molecule has 7 nitrogen and oxygen atoms in total. The Morgan fingerprint density at radius 3 is 2.31 bits per heavy atom. The highest BCUT2D eigenvalue weighted by Gasteiger charge is 2.25. The summed E-state index contributed by atoms with van der Waals surface area (Å²) in [5, 5.41) is 2.85. The predicted molar refractivity (Wildman–Crippen MR) is 121 cm³/mol. The van der Waals surface area contributed by atoms with E-state index in [4.69, 9.17) is 0 Å². The maximum absolute atomic E-state index is 13.9. The average Bonchev–Trinajstić information content (AvgIpc) is 2.80. The first-order chi connectivity index (χ1) is 15.4. The number of amides is 3. The number of hydrogen-bond acceptors (Lipinski definition) is 4. The van der Waals surface area contributed by atoms with E-state index in [0.717, 1.165) is 0 Å². The lowest BCUT2D eigenvalue weighted by Crippen LogP contribution is -2.50. The van der Waals surface area contributed by atoms with Gasteiger partial charge in [0.1, 0.15) is 5.82 Å². The molecule has 1 aliphatic rings. The van der Waals surface area contributed by atoms with E-state index in [0.29, 0.717) is 50.5 Å². The first kappa shape index (κ1) is 23.4. The third-order valence-corrected chi connectivity index (χ3v) is 5.57. The molecular weight excluding hydrogens is 411 g/mol. The van der Waals surface area contributed by atoms with E-state index in [1.54, 1.807) is 46.2 Å². The van der Waals surface area contributed by atoms with Gasteiger partial charge in [0.05, 0.1) is 12.1 Å². The van der Waals surface area contributed by atoms with Crippen LogP contribution in [-0.2, 0) is 4.79 Å². The number of nitrogens with zero attached hydrogens (tertiary/aromatic N) is 3. The Morgan fingerprint density at radius 2 is 1.66 bits per heavy atom. The van der Waals surface area contributed by atoms with Crippen molar-refractivity contribution in [2.75, 3.05) is 51.1 Å². The molecule has 0 radical (unpaired) electrons. The van der Waals surface area contributed by atoms with Crippen molar-refractivity contribution in [3.05, 3.63) is 65.5 Å². The van der Waals surface area contributed by atoms with E-state index in [-0.39, 0.29) is 29.8 Å². The number of halogens is 1. The van der Waals surface area contributed by atoms with Crippen molar-refractivity contribution in [1.29, 1.82) is 0 Å². The topological polar surface area (TPSA) is 73.0 Å². The number of hydrogen-bond donors (Lipinski definition) is 1. The van der Waals surface area contributed by atoms with Crippen LogP contribution in [0.25, 0.3) is 0 Å². The van der Waals surface area contributed by atoms with E-state index in [1.165, 1.54) is 12.1 Å². The summed E-state index contributed by atoms with van der Waals surface area (Å²) < 4.78 is 13.9. The van der Waals surface area contributed by atoms with E-state index >= 15 is 0 Å². The van der Waals surface area contributed by atoms with Crippen LogP contribution in [0.4, 0.5) is 10.1 Å². The standard InChI is InChI=1S/C24H29FN4O3/c1-3-28(4-2)23(31)18-8-7-9-19(16-18)26-22(30)17-27-12-14-29(15-13-27)24(32)20-10-5-6-11-21(20)25/h5-11,16H,3-4,12-15,17H2,1-2H3,(H,26,30). The van der Waals surface area contributed by atoms with Gasteiger partial charge in [-0.1, -0.05) is 18.2 Å². The van der Waals surface area contributed by atoms with E-state index < -0.39 is 5.82 Å². The first-order valence-electron chi connectivity index (χ1n) is 10.9. The van der Waals surface area contributed by atoms with Gasteiger partial charge in [0.2, 0.25) is 5.91 Å². The Morgan fingerprint density at radius 1 is 0.969 bits per heavy atom. The Bertz CT molecular complexity index is 969. The lowest BCUT2D eigenvalue weighted by molar-refractivity contribution is -0.117. The third-order valence-electron chi connectivity index (χ3n) is 5.57. The van der Waals surface area contributed by atoms with Crippen LogP contribution < -0.4 is 5.32 Å². The number of piperazine rings is 1. The zero-order chi connectivity index (χ0) is 23.1. The molecule has 1 N–H and O–H groups in total. The highest BCUT2D eigenvalue weighted by atomic mass is 19.1. The minimum absolute atomic E-state index is 0.0674. The van der Waals surface area contributed by atoms with Gasteiger partial charge in [-0.25, -0.2) is 4.39 Å². The van der Waals surface area contributed by atoms with Gasteiger partial charge in [-0.05, 0) is 44.2 Å². The molecule has 0 saturated carbocycles. The van der Waals surface area contributed by atoms with Crippen LogP contribution in [0.15, 0.2) is 48.5 Å². The van der Waals surface area contributed by atoms with Crippen LogP contribution in [0.1, 0.15) is 34.6 Å². The summed E-state index contributed by atoms with van der Waals surface area (Å²) in [6.07, 6.45) is 0. The van der Waals surface area contributed by atoms with Crippen molar-refractivity contribution >= 4 is 23.4 Å². The molecule has 1 heterocycles. The highest BCUT2D eigenvalue weighted by molar-refractivity contribution is 5.97. The number of anilines is 1.